The van der Waals surface area contributed by atoms with Gasteiger partial charge >= 0.3 is 0 Å². The summed E-state index contributed by atoms with van der Waals surface area (Å²) in [5, 5.41) is 9.91. The van der Waals surface area contributed by atoms with Crippen LogP contribution in [0.3, 0.4) is 0 Å². The van der Waals surface area contributed by atoms with Crippen LogP contribution in [0.2, 0.25) is 0 Å². The number of nitrogens with two attached hydrogens (primary N) is 1. The summed E-state index contributed by atoms with van der Waals surface area (Å²) in [6.07, 6.45) is 9.11. The van der Waals surface area contributed by atoms with Crippen LogP contribution < -0.4 is 5.73 Å². The van der Waals surface area contributed by atoms with E-state index in [1.54, 1.807) is 0 Å². The van der Waals surface area contributed by atoms with E-state index in [4.69, 9.17) is 11.0 Å². The predicted octanol–water partition coefficient (Wildman–Crippen LogP) is 2.68. The van der Waals surface area contributed by atoms with Crippen LogP contribution in [0.5, 0.6) is 0 Å². The van der Waals surface area contributed by atoms with Crippen molar-refractivity contribution in [1.82, 2.24) is 0 Å². The van der Waals surface area contributed by atoms with Crippen LogP contribution in [0.4, 0.5) is 0 Å². The normalized spacial score (nSPS) is 26.9. The predicted molar refractivity (Wildman–Crippen MR) is 64.6 cm³/mol. The second-order valence-corrected chi connectivity index (χ2v) is 6.29. The van der Waals surface area contributed by atoms with E-state index in [0.29, 0.717) is 5.92 Å². The summed E-state index contributed by atoms with van der Waals surface area (Å²) in [7, 11) is 0. The Morgan fingerprint density at radius 3 is 2.40 bits per heavy atom. The molecule has 0 aromatic heterocycles. The quantitative estimate of drug-likeness (QED) is 0.798. The maximum absolute atomic E-state index is 9.14. The van der Waals surface area contributed by atoms with Gasteiger partial charge in [-0.25, -0.2) is 0 Å². The van der Waals surface area contributed by atoms with Gasteiger partial charge in [-0.2, -0.15) is 17.0 Å². The first kappa shape index (κ1) is 11.3. The van der Waals surface area contributed by atoms with E-state index in [1.807, 2.05) is 11.8 Å². The van der Waals surface area contributed by atoms with Gasteiger partial charge in [0.25, 0.3) is 0 Å². The number of hydrogen-bond donors (Lipinski definition) is 1. The highest BCUT2D eigenvalue weighted by atomic mass is 32.2. The van der Waals surface area contributed by atoms with Crippen molar-refractivity contribution in [2.75, 3.05) is 5.75 Å². The Bertz CT molecular complexity index is 251. The first-order chi connectivity index (χ1) is 7.24. The highest BCUT2D eigenvalue weighted by molar-refractivity contribution is 8.00. The van der Waals surface area contributed by atoms with Gasteiger partial charge in [0.2, 0.25) is 0 Å². The summed E-state index contributed by atoms with van der Waals surface area (Å²) in [5.74, 6) is 1.33. The Morgan fingerprint density at radius 1 is 1.20 bits per heavy atom. The van der Waals surface area contributed by atoms with Gasteiger partial charge in [0.1, 0.15) is 5.54 Å². The highest BCUT2D eigenvalue weighted by Crippen LogP contribution is 2.41. The molecule has 2 N–H and O–H groups in total. The van der Waals surface area contributed by atoms with E-state index in [9.17, 15) is 0 Å². The molecule has 1 atom stereocenters. The van der Waals surface area contributed by atoms with Crippen molar-refractivity contribution < 1.29 is 0 Å². The van der Waals surface area contributed by atoms with Crippen molar-refractivity contribution in [2.45, 2.75) is 55.7 Å². The van der Waals surface area contributed by atoms with Crippen LogP contribution in [0, 0.1) is 17.2 Å². The zero-order valence-electron chi connectivity index (χ0n) is 9.24. The molecule has 0 radical (unpaired) electrons. The molecule has 2 saturated carbocycles. The van der Waals surface area contributed by atoms with Crippen molar-refractivity contribution in [3.8, 4) is 6.07 Å². The Hall–Kier alpha value is -0.200. The van der Waals surface area contributed by atoms with Gasteiger partial charge in [0, 0.05) is 11.0 Å². The lowest BCUT2D eigenvalue weighted by atomic mass is 9.99. The van der Waals surface area contributed by atoms with Gasteiger partial charge in [0.15, 0.2) is 0 Å². The fraction of sp³-hybridized carbons (Fsp3) is 0.917. The lowest BCUT2D eigenvalue weighted by Gasteiger charge is -2.26. The number of nitriles is 1. The van der Waals surface area contributed by atoms with E-state index in [-0.39, 0.29) is 0 Å². The van der Waals surface area contributed by atoms with E-state index in [2.05, 4.69) is 6.07 Å². The number of thioether (sulfide) groups is 1. The summed E-state index contributed by atoms with van der Waals surface area (Å²) in [5.41, 5.74) is 5.61. The molecule has 0 saturated heterocycles. The van der Waals surface area contributed by atoms with Crippen molar-refractivity contribution >= 4 is 11.8 Å². The molecule has 15 heavy (non-hydrogen) atoms. The zero-order chi connectivity index (χ0) is 10.7. The molecule has 0 heterocycles. The summed E-state index contributed by atoms with van der Waals surface area (Å²) in [4.78, 5) is 0. The maximum atomic E-state index is 9.14. The first-order valence-electron chi connectivity index (χ1n) is 6.06. The highest BCUT2D eigenvalue weighted by Gasteiger charge is 2.42. The minimum absolute atomic E-state index is 0.485. The number of hydrogen-bond acceptors (Lipinski definition) is 3. The molecule has 0 aromatic carbocycles. The fourth-order valence-electron chi connectivity index (χ4n) is 2.33. The van der Waals surface area contributed by atoms with Crippen LogP contribution in [0.25, 0.3) is 0 Å². The number of nitrogens with zero attached hydrogens (tertiary/aromatic N) is 1. The second-order valence-electron chi connectivity index (χ2n) is 5.00. The molecule has 0 spiro atoms. The lowest BCUT2D eigenvalue weighted by Crippen LogP contribution is -2.43. The first-order valence-corrected chi connectivity index (χ1v) is 7.11. The lowest BCUT2D eigenvalue weighted by molar-refractivity contribution is 0.506. The maximum Gasteiger partial charge on any atom is 0.116 e. The smallest absolute Gasteiger partial charge is 0.116 e. The molecule has 0 amide bonds. The molecule has 1 unspecified atom stereocenters. The molecule has 2 aliphatic carbocycles. The van der Waals surface area contributed by atoms with Gasteiger partial charge in [-0.1, -0.05) is 19.3 Å². The third-order valence-corrected chi connectivity index (χ3v) is 5.21. The molecule has 2 rings (SSSR count). The van der Waals surface area contributed by atoms with Gasteiger partial charge in [-0.3, -0.25) is 0 Å². The summed E-state index contributed by atoms with van der Waals surface area (Å²) in [6.45, 7) is 0. The van der Waals surface area contributed by atoms with Crippen molar-refractivity contribution in [3.05, 3.63) is 0 Å². The fourth-order valence-corrected chi connectivity index (χ4v) is 3.81. The molecule has 2 nitrogen and oxygen atoms in total. The Morgan fingerprint density at radius 2 is 1.87 bits per heavy atom. The standard InChI is InChI=1S/C12H20N2S/c13-8-12(14,10-6-7-10)9-15-11-4-2-1-3-5-11/h10-11H,1-7,9,14H2. The van der Waals surface area contributed by atoms with Gasteiger partial charge in [0.05, 0.1) is 6.07 Å². The molecule has 84 valence electrons. The van der Waals surface area contributed by atoms with Crippen LogP contribution in [-0.4, -0.2) is 16.5 Å². The molecule has 0 aliphatic heterocycles. The van der Waals surface area contributed by atoms with E-state index in [0.717, 1.165) is 23.8 Å². The van der Waals surface area contributed by atoms with Crippen LogP contribution >= 0.6 is 11.8 Å². The van der Waals surface area contributed by atoms with Crippen molar-refractivity contribution in [2.24, 2.45) is 11.7 Å². The van der Waals surface area contributed by atoms with Crippen molar-refractivity contribution in [3.63, 3.8) is 0 Å². The SMILES string of the molecule is N#CC(N)(CSC1CCCCC1)C1CC1. The molecule has 0 aromatic rings. The monoisotopic (exact) mass is 224 g/mol. The summed E-state index contributed by atoms with van der Waals surface area (Å²) in [6, 6.07) is 2.34. The molecular weight excluding hydrogens is 204 g/mol. The van der Waals surface area contributed by atoms with Gasteiger partial charge in [-0.15, -0.1) is 0 Å². The minimum Gasteiger partial charge on any atom is -0.312 e. The molecule has 0 bridgehead atoms. The second kappa shape index (κ2) is 4.76. The zero-order valence-corrected chi connectivity index (χ0v) is 10.1. The largest absolute Gasteiger partial charge is 0.312 e. The van der Waals surface area contributed by atoms with E-state index in [1.165, 1.54) is 32.1 Å². The van der Waals surface area contributed by atoms with Crippen LogP contribution in [0.1, 0.15) is 44.9 Å². The van der Waals surface area contributed by atoms with Crippen LogP contribution in [-0.2, 0) is 0 Å². The van der Waals surface area contributed by atoms with Crippen molar-refractivity contribution in [1.29, 1.82) is 5.26 Å². The summed E-state index contributed by atoms with van der Waals surface area (Å²) < 4.78 is 0. The topological polar surface area (TPSA) is 49.8 Å². The number of rotatable bonds is 4. The molecule has 2 fully saturated rings. The Kier molecular flexibility index (Phi) is 3.58. The molecule has 2 aliphatic rings. The van der Waals surface area contributed by atoms with Crippen LogP contribution in [0.15, 0.2) is 0 Å². The van der Waals surface area contributed by atoms with E-state index < -0.39 is 5.54 Å². The average Bonchev–Trinajstić information content (AvgIpc) is 3.11. The average molecular weight is 224 g/mol. The molecular formula is C12H20N2S. The van der Waals surface area contributed by atoms with Gasteiger partial charge in [-0.05, 0) is 31.6 Å². The summed E-state index contributed by atoms with van der Waals surface area (Å²) >= 11 is 1.95. The third kappa shape index (κ3) is 2.89. The third-order valence-electron chi connectivity index (χ3n) is 3.62. The van der Waals surface area contributed by atoms with Gasteiger partial charge < -0.3 is 5.73 Å². The Labute approximate surface area is 96.6 Å². The Balaban J connectivity index is 1.78. The minimum atomic E-state index is -0.526. The molecule has 3 heteroatoms. The van der Waals surface area contributed by atoms with E-state index >= 15 is 0 Å².